The number of carbonyl (C=O) groups is 1. The molecule has 1 aliphatic carbocycles. The van der Waals surface area contributed by atoms with E-state index < -0.39 is 0 Å². The van der Waals surface area contributed by atoms with Gasteiger partial charge in [0.25, 0.3) is 0 Å². The summed E-state index contributed by atoms with van der Waals surface area (Å²) in [7, 11) is 1.57. The fourth-order valence-electron chi connectivity index (χ4n) is 7.40. The number of methoxy groups -OCH3 is 1. The maximum Gasteiger partial charge on any atom is 0.224 e. The largest absolute Gasteiger partial charge is 0.503 e. The quantitative estimate of drug-likeness (QED) is 0.867. The van der Waals surface area contributed by atoms with Crippen LogP contribution < -0.4 is 9.64 Å². The lowest BCUT2D eigenvalue weighted by Gasteiger charge is -2.58. The van der Waals surface area contributed by atoms with Crippen LogP contribution in [-0.2, 0) is 10.2 Å². The first-order chi connectivity index (χ1) is 13.0. The van der Waals surface area contributed by atoms with E-state index in [0.29, 0.717) is 22.9 Å². The molecule has 4 atom stereocenters. The van der Waals surface area contributed by atoms with Gasteiger partial charge in [-0.3, -0.25) is 9.69 Å². The lowest BCUT2D eigenvalue weighted by Crippen LogP contribution is -2.65. The van der Waals surface area contributed by atoms with Crippen molar-refractivity contribution in [2.24, 2.45) is 5.41 Å². The highest BCUT2D eigenvalue weighted by molar-refractivity contribution is 5.98. The summed E-state index contributed by atoms with van der Waals surface area (Å²) in [6.07, 6.45) is 7.03. The van der Waals surface area contributed by atoms with E-state index in [2.05, 4.69) is 17.9 Å². The fourth-order valence-corrected chi connectivity index (χ4v) is 7.40. The van der Waals surface area contributed by atoms with Gasteiger partial charge in [0.1, 0.15) is 0 Å². The van der Waals surface area contributed by atoms with Gasteiger partial charge in [-0.05, 0) is 68.7 Å². The van der Waals surface area contributed by atoms with Crippen molar-refractivity contribution in [2.45, 2.75) is 69.9 Å². The molecule has 5 rings (SSSR count). The van der Waals surface area contributed by atoms with Crippen molar-refractivity contribution in [3.8, 4) is 11.5 Å². The number of phenols is 1. The van der Waals surface area contributed by atoms with E-state index >= 15 is 0 Å². The van der Waals surface area contributed by atoms with Crippen LogP contribution in [0.2, 0.25) is 0 Å². The second-order valence-electron chi connectivity index (χ2n) is 9.00. The van der Waals surface area contributed by atoms with Crippen molar-refractivity contribution in [1.82, 2.24) is 4.90 Å². The normalized spacial score (nSPS) is 36.9. The summed E-state index contributed by atoms with van der Waals surface area (Å²) in [5.41, 5.74) is 2.17. The lowest BCUT2D eigenvalue weighted by atomic mass is 9.52. The van der Waals surface area contributed by atoms with Crippen LogP contribution in [0.5, 0.6) is 11.5 Å². The monoisotopic (exact) mass is 370 g/mol. The van der Waals surface area contributed by atoms with Crippen molar-refractivity contribution < 1.29 is 14.6 Å². The number of amides is 1. The van der Waals surface area contributed by atoms with Crippen molar-refractivity contribution >= 4 is 11.6 Å². The first-order valence-electron chi connectivity index (χ1n) is 10.4. The third-order valence-electron chi connectivity index (χ3n) is 8.31. The highest BCUT2D eigenvalue weighted by Crippen LogP contribution is 2.67. The molecule has 3 heterocycles. The Morgan fingerprint density at radius 1 is 1.30 bits per heavy atom. The van der Waals surface area contributed by atoms with E-state index in [0.717, 1.165) is 19.4 Å². The Balaban J connectivity index is 1.77. The van der Waals surface area contributed by atoms with Crippen LogP contribution >= 0.6 is 0 Å². The maximum atomic E-state index is 12.8. The third kappa shape index (κ3) is 1.91. The van der Waals surface area contributed by atoms with E-state index in [1.807, 2.05) is 11.0 Å². The Morgan fingerprint density at radius 3 is 2.81 bits per heavy atom. The molecule has 3 fully saturated rings. The summed E-state index contributed by atoms with van der Waals surface area (Å²) < 4.78 is 5.38. The highest BCUT2D eigenvalue weighted by Gasteiger charge is 2.68. The van der Waals surface area contributed by atoms with E-state index in [9.17, 15) is 9.90 Å². The van der Waals surface area contributed by atoms with Gasteiger partial charge in [-0.25, -0.2) is 0 Å². The summed E-state index contributed by atoms with van der Waals surface area (Å²) in [6.45, 7) is 6.25. The van der Waals surface area contributed by atoms with Gasteiger partial charge in [-0.1, -0.05) is 13.0 Å². The molecule has 0 aromatic heterocycles. The summed E-state index contributed by atoms with van der Waals surface area (Å²) >= 11 is 0. The predicted molar refractivity (Wildman–Crippen MR) is 104 cm³/mol. The predicted octanol–water partition coefficient (Wildman–Crippen LogP) is 3.43. The Labute approximate surface area is 161 Å². The van der Waals surface area contributed by atoms with Crippen LogP contribution in [-0.4, -0.2) is 48.2 Å². The number of hydrogen-bond acceptors (Lipinski definition) is 4. The topological polar surface area (TPSA) is 53.0 Å². The number of phenolic OH excluding ortho intramolecular Hbond substituents is 1. The Kier molecular flexibility index (Phi) is 3.62. The van der Waals surface area contributed by atoms with Gasteiger partial charge in [0.15, 0.2) is 11.5 Å². The number of aromatic hydroxyl groups is 1. The van der Waals surface area contributed by atoms with Crippen LogP contribution in [0.25, 0.3) is 0 Å². The number of rotatable bonds is 2. The average molecular weight is 370 g/mol. The fraction of sp³-hybridized carbons (Fsp3) is 0.682. The molecule has 5 heteroatoms. The highest BCUT2D eigenvalue weighted by atomic mass is 16.5. The standard InChI is InChI=1S/C22H30N2O3/c1-4-21-9-5-12-23-13-11-22(20(21)23)15-6-7-16(27-3)19(26)18(15)24(14(2)25)17(22)8-10-21/h6-7,17,20,26H,4-5,8-13H2,1-3H3/t17-,20+,21+,22-/m0/s1. The summed E-state index contributed by atoms with van der Waals surface area (Å²) in [6, 6.07) is 4.64. The lowest BCUT2D eigenvalue weighted by molar-refractivity contribution is -0.118. The SMILES string of the molecule is CC[C@@]12CCCN3CC[C@@]4(c5ccc(OC)c(O)c5N(C(C)=O)[C@H]4CC1)[C@H]32. The zero-order valence-electron chi connectivity index (χ0n) is 16.6. The number of carbonyl (C=O) groups excluding carboxylic acids is 1. The molecule has 1 spiro atoms. The minimum atomic E-state index is -0.0561. The minimum Gasteiger partial charge on any atom is -0.503 e. The van der Waals surface area contributed by atoms with Crippen LogP contribution in [0.1, 0.15) is 57.9 Å². The van der Waals surface area contributed by atoms with Crippen LogP contribution in [0.3, 0.4) is 0 Å². The molecule has 2 saturated heterocycles. The summed E-state index contributed by atoms with van der Waals surface area (Å²) in [5, 5.41) is 11.0. The molecule has 1 amide bonds. The first-order valence-corrected chi connectivity index (χ1v) is 10.4. The Hall–Kier alpha value is -1.75. The second-order valence-corrected chi connectivity index (χ2v) is 9.00. The van der Waals surface area contributed by atoms with Gasteiger partial charge in [-0.2, -0.15) is 0 Å². The van der Waals surface area contributed by atoms with E-state index in [1.165, 1.54) is 37.8 Å². The summed E-state index contributed by atoms with van der Waals surface area (Å²) in [4.78, 5) is 17.4. The minimum absolute atomic E-state index is 0.0277. The van der Waals surface area contributed by atoms with Crippen LogP contribution in [0.15, 0.2) is 12.1 Å². The van der Waals surface area contributed by atoms with E-state index in [4.69, 9.17) is 4.74 Å². The van der Waals surface area contributed by atoms with E-state index in [-0.39, 0.29) is 23.1 Å². The number of ether oxygens (including phenoxy) is 1. The molecular formula is C22H30N2O3. The van der Waals surface area contributed by atoms with Gasteiger partial charge in [-0.15, -0.1) is 0 Å². The van der Waals surface area contributed by atoms with Gasteiger partial charge in [0.05, 0.1) is 12.8 Å². The maximum absolute atomic E-state index is 12.8. The van der Waals surface area contributed by atoms with Crippen molar-refractivity contribution in [3.63, 3.8) is 0 Å². The molecule has 0 unspecified atom stereocenters. The summed E-state index contributed by atoms with van der Waals surface area (Å²) in [5.74, 6) is 0.612. The Bertz CT molecular complexity index is 809. The number of nitrogens with zero attached hydrogens (tertiary/aromatic N) is 2. The molecule has 1 aromatic rings. The molecule has 146 valence electrons. The zero-order chi connectivity index (χ0) is 19.0. The van der Waals surface area contributed by atoms with Crippen LogP contribution in [0.4, 0.5) is 5.69 Å². The first kappa shape index (κ1) is 17.4. The number of hydrogen-bond donors (Lipinski definition) is 1. The number of piperidine rings is 1. The molecule has 3 aliphatic heterocycles. The molecule has 4 aliphatic rings. The molecule has 1 saturated carbocycles. The van der Waals surface area contributed by atoms with Crippen molar-refractivity contribution in [1.29, 1.82) is 0 Å². The van der Waals surface area contributed by atoms with Gasteiger partial charge in [0, 0.05) is 24.4 Å². The smallest absolute Gasteiger partial charge is 0.224 e. The molecule has 0 radical (unpaired) electrons. The molecule has 1 N–H and O–H groups in total. The molecule has 0 bridgehead atoms. The number of anilines is 1. The Morgan fingerprint density at radius 2 is 2.11 bits per heavy atom. The van der Waals surface area contributed by atoms with Gasteiger partial charge >= 0.3 is 0 Å². The number of fused-ring (bicyclic) bond motifs is 1. The van der Waals surface area contributed by atoms with Crippen LogP contribution in [0, 0.1) is 5.41 Å². The molecule has 5 nitrogen and oxygen atoms in total. The second kappa shape index (κ2) is 5.63. The van der Waals surface area contributed by atoms with Crippen molar-refractivity contribution in [2.75, 3.05) is 25.1 Å². The van der Waals surface area contributed by atoms with E-state index in [1.54, 1.807) is 14.0 Å². The number of benzene rings is 1. The molecule has 1 aromatic carbocycles. The zero-order valence-corrected chi connectivity index (χ0v) is 16.6. The molecule has 27 heavy (non-hydrogen) atoms. The third-order valence-corrected chi connectivity index (χ3v) is 8.31. The average Bonchev–Trinajstić information content (AvgIpc) is 3.20. The van der Waals surface area contributed by atoms with Gasteiger partial charge in [0.2, 0.25) is 5.91 Å². The molecular weight excluding hydrogens is 340 g/mol. The van der Waals surface area contributed by atoms with Gasteiger partial charge < -0.3 is 14.7 Å². The van der Waals surface area contributed by atoms with Crippen molar-refractivity contribution in [3.05, 3.63) is 17.7 Å².